The number of aliphatic hydroxyl groups is 2. The molecule has 0 spiro atoms. The van der Waals surface area contributed by atoms with Gasteiger partial charge in [0.25, 0.3) is 0 Å². The Morgan fingerprint density at radius 3 is 1.90 bits per heavy atom. The second-order valence-electron chi connectivity index (χ2n) is 14.5. The number of carbonyl (C=O) groups excluding carboxylic acids is 1. The number of hydrogen-bond acceptors (Lipinski definition) is 6. The molecule has 3 N–H and O–H groups in total. The van der Waals surface area contributed by atoms with Gasteiger partial charge in [-0.3, -0.25) is 9.35 Å². The van der Waals surface area contributed by atoms with Crippen LogP contribution in [-0.2, 0) is 19.4 Å². The van der Waals surface area contributed by atoms with Gasteiger partial charge in [0.15, 0.2) is 5.78 Å². The van der Waals surface area contributed by atoms with Gasteiger partial charge in [0.2, 0.25) is 0 Å². The van der Waals surface area contributed by atoms with Crippen LogP contribution in [0, 0.1) is 28.1 Å². The number of hydrogen-bond donors (Lipinski definition) is 3. The average molecular weight is 679 g/mol. The summed E-state index contributed by atoms with van der Waals surface area (Å²) in [4.78, 5) is 12.9. The van der Waals surface area contributed by atoms with Gasteiger partial charge in [-0.25, -0.2) is 4.18 Å². The van der Waals surface area contributed by atoms with Crippen molar-refractivity contribution in [2.75, 3.05) is 6.61 Å². The van der Waals surface area contributed by atoms with E-state index in [0.717, 1.165) is 27.9 Å². The maximum Gasteiger partial charge on any atom is 0.397 e. The van der Waals surface area contributed by atoms with Crippen molar-refractivity contribution in [3.05, 3.63) is 106 Å². The standard InChI is InChI=1S/C40H54O7S/c1-29(16-12-17-31(3)20-23-37(43)40(9)26-34(42)25-39(40,7)8)14-10-11-15-30(2)18-13-19-33(28-41)21-22-36-32(4)24-35(27-38(36,5)6)47-48(44,45)46/h10-20,23,34-35,41-42H,24-28H2,1-9H3,(H,44,45,46)/b11-10+,16-12+,18-13+,23-20+,29-14+,30-15+,31-17+,33-19-/t34?,35-,40+/m1/s1. The lowest BCUT2D eigenvalue weighted by molar-refractivity contribution is -0.127. The fourth-order valence-corrected chi connectivity index (χ4v) is 6.75. The van der Waals surface area contributed by atoms with Crippen LogP contribution in [0.4, 0.5) is 0 Å². The van der Waals surface area contributed by atoms with E-state index in [-0.39, 0.29) is 17.8 Å². The van der Waals surface area contributed by atoms with Crippen molar-refractivity contribution in [1.29, 1.82) is 0 Å². The van der Waals surface area contributed by atoms with Crippen LogP contribution in [0.5, 0.6) is 0 Å². The number of carbonyl (C=O) groups is 1. The molecule has 7 nitrogen and oxygen atoms in total. The Kier molecular flexibility index (Phi) is 14.8. The molecule has 1 unspecified atom stereocenters. The van der Waals surface area contributed by atoms with E-state index in [4.69, 9.17) is 8.74 Å². The van der Waals surface area contributed by atoms with Crippen LogP contribution in [0.3, 0.4) is 0 Å². The Morgan fingerprint density at radius 1 is 0.854 bits per heavy atom. The van der Waals surface area contributed by atoms with Crippen molar-refractivity contribution < 1.29 is 32.2 Å². The zero-order valence-corrected chi connectivity index (χ0v) is 30.8. The third-order valence-corrected chi connectivity index (χ3v) is 9.80. The van der Waals surface area contributed by atoms with Gasteiger partial charge in [-0.2, -0.15) is 8.42 Å². The van der Waals surface area contributed by atoms with Crippen LogP contribution >= 0.6 is 0 Å². The SMILES string of the molecule is CC1=C(C#C/C(=C/C=C/C(C)=C/C=C/C=C(C)/C=C/C=C(C)/C=C/C(=O)[C@]2(C)CC(O)CC2(C)C)CO)C(C)(C)C[C@H](OS(=O)(=O)O)C1. The van der Waals surface area contributed by atoms with Gasteiger partial charge >= 0.3 is 10.4 Å². The lowest BCUT2D eigenvalue weighted by atomic mass is 9.66. The number of rotatable bonds is 12. The van der Waals surface area contributed by atoms with Crippen LogP contribution in [0.25, 0.3) is 0 Å². The first-order valence-corrected chi connectivity index (χ1v) is 17.7. The highest BCUT2D eigenvalue weighted by molar-refractivity contribution is 7.80. The third kappa shape index (κ3) is 12.6. The molecule has 3 atom stereocenters. The minimum absolute atomic E-state index is 0.0553. The van der Waals surface area contributed by atoms with Gasteiger partial charge in [0, 0.05) is 22.0 Å². The summed E-state index contributed by atoms with van der Waals surface area (Å²) in [5, 5.41) is 19.9. The lowest BCUT2D eigenvalue weighted by Gasteiger charge is -2.35. The minimum atomic E-state index is -4.53. The molecule has 0 aromatic carbocycles. The predicted molar refractivity (Wildman–Crippen MR) is 195 cm³/mol. The quantitative estimate of drug-likeness (QED) is 0.0827. The Bertz CT molecular complexity index is 1640. The van der Waals surface area contributed by atoms with Crippen LogP contribution in [0.15, 0.2) is 106 Å². The molecule has 262 valence electrons. The van der Waals surface area contributed by atoms with E-state index in [1.165, 1.54) is 0 Å². The van der Waals surface area contributed by atoms with Crippen molar-refractivity contribution in [2.24, 2.45) is 16.2 Å². The predicted octanol–water partition coefficient (Wildman–Crippen LogP) is 8.05. The van der Waals surface area contributed by atoms with Gasteiger partial charge in [-0.15, -0.1) is 0 Å². The lowest BCUT2D eigenvalue weighted by Crippen LogP contribution is -2.36. The molecular weight excluding hydrogens is 625 g/mol. The molecule has 0 aromatic rings. The summed E-state index contributed by atoms with van der Waals surface area (Å²) < 4.78 is 36.2. The van der Waals surface area contributed by atoms with Crippen LogP contribution in [-0.4, -0.2) is 47.8 Å². The van der Waals surface area contributed by atoms with E-state index in [9.17, 15) is 23.4 Å². The van der Waals surface area contributed by atoms with Crippen molar-refractivity contribution in [3.63, 3.8) is 0 Å². The molecule has 0 heterocycles. The first kappa shape index (κ1) is 40.9. The highest BCUT2D eigenvalue weighted by Gasteiger charge is 2.52. The molecule has 48 heavy (non-hydrogen) atoms. The summed E-state index contributed by atoms with van der Waals surface area (Å²) in [6, 6.07) is 0. The second-order valence-corrected chi connectivity index (χ2v) is 15.6. The fourth-order valence-electron chi connectivity index (χ4n) is 6.27. The summed E-state index contributed by atoms with van der Waals surface area (Å²) in [6.07, 6.45) is 23.6. The van der Waals surface area contributed by atoms with Gasteiger partial charge in [0.1, 0.15) is 0 Å². The van der Waals surface area contributed by atoms with Gasteiger partial charge in [-0.1, -0.05) is 130 Å². The van der Waals surface area contributed by atoms with Gasteiger partial charge in [0.05, 0.1) is 18.8 Å². The molecule has 0 aliphatic heterocycles. The van der Waals surface area contributed by atoms with E-state index in [1.807, 2.05) is 109 Å². The zero-order valence-electron chi connectivity index (χ0n) is 30.0. The summed E-state index contributed by atoms with van der Waals surface area (Å²) in [5.74, 6) is 6.27. The van der Waals surface area contributed by atoms with Crippen LogP contribution in [0.2, 0.25) is 0 Å². The van der Waals surface area contributed by atoms with Gasteiger partial charge in [-0.05, 0) is 70.9 Å². The molecule has 1 fully saturated rings. The Morgan fingerprint density at radius 2 is 1.40 bits per heavy atom. The molecule has 8 heteroatoms. The molecule has 0 radical (unpaired) electrons. The summed E-state index contributed by atoms with van der Waals surface area (Å²) in [7, 11) is -4.53. The first-order valence-electron chi connectivity index (χ1n) is 16.3. The summed E-state index contributed by atoms with van der Waals surface area (Å²) >= 11 is 0. The average Bonchev–Trinajstić information content (AvgIpc) is 3.17. The van der Waals surface area contributed by atoms with E-state index in [0.29, 0.717) is 31.3 Å². The Balaban J connectivity index is 1.97. The summed E-state index contributed by atoms with van der Waals surface area (Å²) in [6.45, 7) is 17.5. The highest BCUT2D eigenvalue weighted by Crippen LogP contribution is 2.53. The third-order valence-electron chi connectivity index (χ3n) is 9.28. The number of ketones is 1. The van der Waals surface area contributed by atoms with Crippen molar-refractivity contribution in [2.45, 2.75) is 100 Å². The van der Waals surface area contributed by atoms with E-state index >= 15 is 0 Å². The molecular formula is C40H54O7S. The molecule has 2 aliphatic carbocycles. The number of allylic oxidation sites excluding steroid dienone is 16. The van der Waals surface area contributed by atoms with Crippen molar-refractivity contribution in [3.8, 4) is 11.8 Å². The maximum atomic E-state index is 12.9. The maximum absolute atomic E-state index is 12.9. The number of aliphatic hydroxyl groups excluding tert-OH is 2. The molecule has 0 amide bonds. The minimum Gasteiger partial charge on any atom is -0.393 e. The van der Waals surface area contributed by atoms with E-state index < -0.39 is 33.4 Å². The zero-order chi connectivity index (χ0) is 36.3. The van der Waals surface area contributed by atoms with E-state index in [1.54, 1.807) is 12.2 Å². The molecule has 2 aliphatic rings. The largest absolute Gasteiger partial charge is 0.397 e. The van der Waals surface area contributed by atoms with Crippen LogP contribution < -0.4 is 0 Å². The molecule has 0 bridgehead atoms. The molecule has 0 saturated heterocycles. The van der Waals surface area contributed by atoms with E-state index in [2.05, 4.69) is 25.7 Å². The Labute approximate surface area is 288 Å². The van der Waals surface area contributed by atoms with Gasteiger partial charge < -0.3 is 10.2 Å². The van der Waals surface area contributed by atoms with Crippen LogP contribution in [0.1, 0.15) is 88.0 Å². The topological polar surface area (TPSA) is 121 Å². The highest BCUT2D eigenvalue weighted by atomic mass is 32.3. The molecule has 2 rings (SSSR count). The first-order chi connectivity index (χ1) is 22.2. The van der Waals surface area contributed by atoms with Crippen molar-refractivity contribution in [1.82, 2.24) is 0 Å². The summed E-state index contributed by atoms with van der Waals surface area (Å²) in [5.41, 5.74) is 4.08. The Hall–Kier alpha value is -3.32. The second kappa shape index (κ2) is 17.4. The molecule has 1 saturated carbocycles. The van der Waals surface area contributed by atoms with Crippen molar-refractivity contribution >= 4 is 16.2 Å². The monoisotopic (exact) mass is 678 g/mol. The fraction of sp³-hybridized carbons (Fsp3) is 0.475. The normalized spacial score (nSPS) is 25.9. The molecule has 0 aromatic heterocycles. The smallest absolute Gasteiger partial charge is 0.393 e.